The number of nitrogens with zero attached hydrogens (tertiary/aromatic N) is 2. The summed E-state index contributed by atoms with van der Waals surface area (Å²) >= 11 is 1.77. The molecule has 0 aliphatic heterocycles. The Morgan fingerprint density at radius 2 is 1.90 bits per heavy atom. The lowest BCUT2D eigenvalue weighted by molar-refractivity contribution is 0.310. The van der Waals surface area contributed by atoms with Crippen molar-refractivity contribution in [2.75, 3.05) is 47.9 Å². The topological polar surface area (TPSA) is 58.1 Å². The third-order valence-corrected chi connectivity index (χ3v) is 5.39. The molecule has 0 fully saturated rings. The Balaban J connectivity index is 0.00000420. The summed E-state index contributed by atoms with van der Waals surface area (Å²) in [6, 6.07) is 10.6. The van der Waals surface area contributed by atoms with Crippen LogP contribution in [-0.4, -0.2) is 58.8 Å². The van der Waals surface area contributed by atoms with E-state index in [1.165, 1.54) is 10.4 Å². The van der Waals surface area contributed by atoms with Gasteiger partial charge in [0.25, 0.3) is 0 Å². The van der Waals surface area contributed by atoms with Crippen molar-refractivity contribution in [3.8, 4) is 11.5 Å². The second kappa shape index (κ2) is 13.7. The number of likely N-dealkylation sites (N-methyl/N-ethyl adjacent to an activating group) is 1. The average Bonchev–Trinajstić information content (AvgIpc) is 3.22. The Bertz CT molecular complexity index is 738. The standard InChI is InChI=1S/C21H32N4O2S.HI/c1-6-22-21(24-15-17(25(2)3)20-8-7-13-28-20)23-12-11-16-9-10-18(26-4)19(14-16)27-5;/h7-10,13-14,17H,6,11-12,15H2,1-5H3,(H2,22,23,24);1H. The monoisotopic (exact) mass is 532 g/mol. The molecular formula is C21H33IN4O2S. The van der Waals surface area contributed by atoms with Crippen LogP contribution in [0.3, 0.4) is 0 Å². The van der Waals surface area contributed by atoms with Crippen LogP contribution in [0, 0.1) is 0 Å². The molecular weight excluding hydrogens is 499 g/mol. The van der Waals surface area contributed by atoms with Gasteiger partial charge in [-0.25, -0.2) is 0 Å². The van der Waals surface area contributed by atoms with E-state index >= 15 is 0 Å². The number of hydrogen-bond acceptors (Lipinski definition) is 5. The molecule has 0 aliphatic carbocycles. The Hall–Kier alpha value is -1.52. The maximum Gasteiger partial charge on any atom is 0.191 e. The molecule has 1 unspecified atom stereocenters. The number of guanidine groups is 1. The van der Waals surface area contributed by atoms with Crippen molar-refractivity contribution in [3.05, 3.63) is 46.2 Å². The molecule has 1 heterocycles. The van der Waals surface area contributed by atoms with E-state index < -0.39 is 0 Å². The van der Waals surface area contributed by atoms with Crippen LogP contribution >= 0.6 is 35.3 Å². The van der Waals surface area contributed by atoms with E-state index in [4.69, 9.17) is 14.5 Å². The SMILES string of the molecule is CCNC(=NCC(c1cccs1)N(C)C)NCCc1ccc(OC)c(OC)c1.I. The Morgan fingerprint density at radius 1 is 1.14 bits per heavy atom. The lowest BCUT2D eigenvalue weighted by atomic mass is 10.1. The first-order chi connectivity index (χ1) is 13.6. The predicted molar refractivity (Wildman–Crippen MR) is 133 cm³/mol. The van der Waals surface area contributed by atoms with Gasteiger partial charge in [-0.2, -0.15) is 0 Å². The number of hydrogen-bond donors (Lipinski definition) is 2. The zero-order valence-electron chi connectivity index (χ0n) is 17.9. The van der Waals surface area contributed by atoms with E-state index in [0.717, 1.165) is 37.0 Å². The van der Waals surface area contributed by atoms with Crippen LogP contribution in [0.1, 0.15) is 23.4 Å². The molecule has 0 aliphatic rings. The number of thiophene rings is 1. The zero-order valence-corrected chi connectivity index (χ0v) is 21.0. The minimum atomic E-state index is 0. The molecule has 162 valence electrons. The van der Waals surface area contributed by atoms with E-state index in [0.29, 0.717) is 6.54 Å². The highest BCUT2D eigenvalue weighted by molar-refractivity contribution is 14.0. The molecule has 0 saturated heterocycles. The molecule has 1 atom stereocenters. The first kappa shape index (κ1) is 25.5. The number of rotatable bonds is 10. The van der Waals surface area contributed by atoms with Crippen LogP contribution < -0.4 is 20.1 Å². The number of nitrogens with one attached hydrogen (secondary N) is 2. The third kappa shape index (κ3) is 8.02. The smallest absolute Gasteiger partial charge is 0.191 e. The van der Waals surface area contributed by atoms with Crippen LogP contribution in [0.25, 0.3) is 0 Å². The molecule has 0 radical (unpaired) electrons. The highest BCUT2D eigenvalue weighted by Crippen LogP contribution is 2.27. The maximum atomic E-state index is 5.38. The zero-order chi connectivity index (χ0) is 20.4. The van der Waals surface area contributed by atoms with E-state index in [2.05, 4.69) is 60.1 Å². The average molecular weight is 532 g/mol. The van der Waals surface area contributed by atoms with Crippen molar-refractivity contribution < 1.29 is 9.47 Å². The lowest BCUT2D eigenvalue weighted by Gasteiger charge is -2.22. The first-order valence-corrected chi connectivity index (χ1v) is 10.4. The molecule has 0 spiro atoms. The summed E-state index contributed by atoms with van der Waals surface area (Å²) < 4.78 is 10.7. The fourth-order valence-corrected chi connectivity index (χ4v) is 3.78. The lowest BCUT2D eigenvalue weighted by Crippen LogP contribution is -2.39. The van der Waals surface area contributed by atoms with Gasteiger partial charge in [0.2, 0.25) is 0 Å². The Kier molecular flexibility index (Phi) is 12.0. The fourth-order valence-electron chi connectivity index (χ4n) is 2.87. The molecule has 6 nitrogen and oxygen atoms in total. The van der Waals surface area contributed by atoms with Crippen LogP contribution in [0.4, 0.5) is 0 Å². The van der Waals surface area contributed by atoms with Gasteiger partial charge >= 0.3 is 0 Å². The molecule has 8 heteroatoms. The summed E-state index contributed by atoms with van der Waals surface area (Å²) in [5.74, 6) is 2.34. The van der Waals surface area contributed by atoms with Crippen LogP contribution in [0.15, 0.2) is 40.7 Å². The van der Waals surface area contributed by atoms with Gasteiger partial charge in [-0.15, -0.1) is 35.3 Å². The van der Waals surface area contributed by atoms with Crippen LogP contribution in [0.5, 0.6) is 11.5 Å². The molecule has 2 N–H and O–H groups in total. The second-order valence-corrected chi connectivity index (χ2v) is 7.56. The van der Waals surface area contributed by atoms with Crippen molar-refractivity contribution in [1.29, 1.82) is 0 Å². The van der Waals surface area contributed by atoms with Crippen molar-refractivity contribution >= 4 is 41.3 Å². The molecule has 1 aromatic heterocycles. The van der Waals surface area contributed by atoms with Gasteiger partial charge in [0.15, 0.2) is 17.5 Å². The maximum absolute atomic E-state index is 5.38. The summed E-state index contributed by atoms with van der Waals surface area (Å²) in [6.45, 7) is 4.40. The molecule has 0 amide bonds. The van der Waals surface area contributed by atoms with Gasteiger partial charge in [-0.05, 0) is 56.6 Å². The molecule has 0 bridgehead atoms. The van der Waals surface area contributed by atoms with Crippen molar-refractivity contribution in [3.63, 3.8) is 0 Å². The van der Waals surface area contributed by atoms with Crippen LogP contribution in [-0.2, 0) is 6.42 Å². The number of aliphatic imine (C=N–C) groups is 1. The number of methoxy groups -OCH3 is 2. The Labute approximate surface area is 195 Å². The van der Waals surface area contributed by atoms with E-state index in [9.17, 15) is 0 Å². The molecule has 0 saturated carbocycles. The van der Waals surface area contributed by atoms with Gasteiger partial charge < -0.3 is 25.0 Å². The summed E-state index contributed by atoms with van der Waals surface area (Å²) in [5.41, 5.74) is 1.19. The minimum absolute atomic E-state index is 0. The molecule has 1 aromatic carbocycles. The fraction of sp³-hybridized carbons (Fsp3) is 0.476. The van der Waals surface area contributed by atoms with Gasteiger partial charge in [-0.1, -0.05) is 12.1 Å². The van der Waals surface area contributed by atoms with Gasteiger partial charge in [-0.3, -0.25) is 4.99 Å². The summed E-state index contributed by atoms with van der Waals surface area (Å²) in [4.78, 5) is 8.34. The van der Waals surface area contributed by atoms with E-state index in [1.54, 1.807) is 25.6 Å². The highest BCUT2D eigenvalue weighted by atomic mass is 127. The van der Waals surface area contributed by atoms with Crippen molar-refractivity contribution in [1.82, 2.24) is 15.5 Å². The molecule has 2 aromatic rings. The van der Waals surface area contributed by atoms with E-state index in [-0.39, 0.29) is 30.0 Å². The van der Waals surface area contributed by atoms with Crippen LogP contribution in [0.2, 0.25) is 0 Å². The quantitative estimate of drug-likeness (QED) is 0.277. The second-order valence-electron chi connectivity index (χ2n) is 6.58. The Morgan fingerprint density at radius 3 is 2.48 bits per heavy atom. The largest absolute Gasteiger partial charge is 0.493 e. The number of halogens is 1. The number of benzene rings is 1. The molecule has 29 heavy (non-hydrogen) atoms. The van der Waals surface area contributed by atoms with Crippen molar-refractivity contribution in [2.24, 2.45) is 4.99 Å². The summed E-state index contributed by atoms with van der Waals surface area (Å²) in [7, 11) is 7.49. The van der Waals surface area contributed by atoms with Gasteiger partial charge in [0, 0.05) is 18.0 Å². The van der Waals surface area contributed by atoms with Crippen molar-refractivity contribution in [2.45, 2.75) is 19.4 Å². The summed E-state index contributed by atoms with van der Waals surface area (Å²) in [5, 5.41) is 8.87. The normalized spacial score (nSPS) is 12.3. The predicted octanol–water partition coefficient (Wildman–Crippen LogP) is 3.78. The third-order valence-electron chi connectivity index (χ3n) is 4.42. The summed E-state index contributed by atoms with van der Waals surface area (Å²) in [6.07, 6.45) is 0.868. The highest BCUT2D eigenvalue weighted by Gasteiger charge is 2.15. The first-order valence-electron chi connectivity index (χ1n) is 9.52. The van der Waals surface area contributed by atoms with E-state index in [1.807, 2.05) is 12.1 Å². The van der Waals surface area contributed by atoms with Gasteiger partial charge in [0.1, 0.15) is 0 Å². The van der Waals surface area contributed by atoms with Gasteiger partial charge in [0.05, 0.1) is 26.8 Å². The molecule has 2 rings (SSSR count). The number of ether oxygens (including phenoxy) is 2. The minimum Gasteiger partial charge on any atom is -0.493 e.